The summed E-state index contributed by atoms with van der Waals surface area (Å²) < 4.78 is 11.4. The van der Waals surface area contributed by atoms with E-state index in [1.54, 1.807) is 13.0 Å². The minimum absolute atomic E-state index is 0.111. The second kappa shape index (κ2) is 10.5. The number of allylic oxidation sites excluding steroid dienone is 1. The van der Waals surface area contributed by atoms with Crippen molar-refractivity contribution >= 4 is 27.9 Å². The smallest absolute Gasteiger partial charge is 0.262 e. The lowest BCUT2D eigenvalue weighted by molar-refractivity contribution is -0.117. The SMILES string of the molecule is CC(=C(C#N)C(=O)NCC(O)CO)c1ccc(-c2ccc3cc(N4CCOCC4)ccc3c2)o1. The van der Waals surface area contributed by atoms with Gasteiger partial charge in [0.15, 0.2) is 0 Å². The van der Waals surface area contributed by atoms with Gasteiger partial charge in [-0.05, 0) is 48.0 Å². The zero-order chi connectivity index (χ0) is 24.1. The van der Waals surface area contributed by atoms with Gasteiger partial charge in [0.2, 0.25) is 0 Å². The van der Waals surface area contributed by atoms with Crippen LogP contribution in [0.15, 0.2) is 58.5 Å². The molecule has 1 saturated heterocycles. The van der Waals surface area contributed by atoms with Crippen molar-refractivity contribution in [1.82, 2.24) is 5.32 Å². The van der Waals surface area contributed by atoms with Crippen LogP contribution in [-0.4, -0.2) is 61.7 Å². The zero-order valence-corrected chi connectivity index (χ0v) is 19.0. The molecule has 3 N–H and O–H groups in total. The Labute approximate surface area is 197 Å². The number of nitrogens with one attached hydrogen (secondary N) is 1. The summed E-state index contributed by atoms with van der Waals surface area (Å²) in [6.45, 7) is 4.26. The van der Waals surface area contributed by atoms with Crippen LogP contribution in [0, 0.1) is 11.3 Å². The number of aliphatic hydroxyl groups excluding tert-OH is 2. The second-order valence-electron chi connectivity index (χ2n) is 8.17. The number of hydrogen-bond donors (Lipinski definition) is 3. The van der Waals surface area contributed by atoms with Crippen LogP contribution in [0.3, 0.4) is 0 Å². The maximum absolute atomic E-state index is 12.3. The molecule has 2 heterocycles. The minimum atomic E-state index is -1.09. The molecule has 0 spiro atoms. The molecular weight excluding hydrogens is 434 g/mol. The molecule has 3 aromatic rings. The number of hydrogen-bond acceptors (Lipinski definition) is 7. The first-order chi connectivity index (χ1) is 16.5. The molecule has 0 saturated carbocycles. The highest BCUT2D eigenvalue weighted by Crippen LogP contribution is 2.31. The number of nitriles is 1. The minimum Gasteiger partial charge on any atom is -0.456 e. The lowest BCUT2D eigenvalue weighted by atomic mass is 10.0. The summed E-state index contributed by atoms with van der Waals surface area (Å²) in [6, 6.07) is 17.9. The molecule has 0 bridgehead atoms. The van der Waals surface area contributed by atoms with Gasteiger partial charge >= 0.3 is 0 Å². The first-order valence-electron chi connectivity index (χ1n) is 11.2. The Balaban J connectivity index is 1.55. The molecule has 1 fully saturated rings. The zero-order valence-electron chi connectivity index (χ0n) is 19.0. The standard InChI is InChI=1S/C26H27N3O5/c1-17(23(14-27)26(32)28-15-22(31)16-30)24-6-7-25(34-24)20-3-2-19-13-21(5-4-18(19)12-20)29-8-10-33-11-9-29/h2-7,12-13,22,30-31H,8-11,15-16H2,1H3,(H,28,32). The van der Waals surface area contributed by atoms with E-state index < -0.39 is 18.6 Å². The summed E-state index contributed by atoms with van der Waals surface area (Å²) in [5.74, 6) is 0.404. The molecule has 8 heteroatoms. The number of anilines is 1. The molecule has 8 nitrogen and oxygen atoms in total. The van der Waals surface area contributed by atoms with E-state index >= 15 is 0 Å². The van der Waals surface area contributed by atoms with Crippen LogP contribution in [-0.2, 0) is 9.53 Å². The molecule has 1 atom stereocenters. The Morgan fingerprint density at radius 2 is 1.88 bits per heavy atom. The van der Waals surface area contributed by atoms with Crippen LogP contribution < -0.4 is 10.2 Å². The van der Waals surface area contributed by atoms with E-state index in [9.17, 15) is 15.2 Å². The van der Waals surface area contributed by atoms with Gasteiger partial charge in [0.25, 0.3) is 5.91 Å². The number of furan rings is 1. The highest BCUT2D eigenvalue weighted by atomic mass is 16.5. The third kappa shape index (κ3) is 5.13. The predicted molar refractivity (Wildman–Crippen MR) is 129 cm³/mol. The lowest BCUT2D eigenvalue weighted by Crippen LogP contribution is -2.36. The summed E-state index contributed by atoms with van der Waals surface area (Å²) in [7, 11) is 0. The third-order valence-electron chi connectivity index (χ3n) is 5.88. The number of benzene rings is 2. The van der Waals surface area contributed by atoms with Crippen LogP contribution in [0.5, 0.6) is 0 Å². The van der Waals surface area contributed by atoms with Gasteiger partial charge in [-0.25, -0.2) is 0 Å². The number of carbonyl (C=O) groups is 1. The van der Waals surface area contributed by atoms with Gasteiger partial charge < -0.3 is 29.6 Å². The van der Waals surface area contributed by atoms with Crippen molar-refractivity contribution in [2.45, 2.75) is 13.0 Å². The number of fused-ring (bicyclic) bond motifs is 1. The highest BCUT2D eigenvalue weighted by Gasteiger charge is 2.18. The molecule has 1 amide bonds. The van der Waals surface area contributed by atoms with Crippen LogP contribution >= 0.6 is 0 Å². The van der Waals surface area contributed by atoms with Crippen molar-refractivity contribution in [3.63, 3.8) is 0 Å². The molecule has 0 radical (unpaired) electrons. The number of nitrogens with zero attached hydrogens (tertiary/aromatic N) is 2. The van der Waals surface area contributed by atoms with E-state index in [-0.39, 0.29) is 12.1 Å². The lowest BCUT2D eigenvalue weighted by Gasteiger charge is -2.29. The number of carbonyl (C=O) groups excluding carboxylic acids is 1. The average molecular weight is 462 g/mol. The summed E-state index contributed by atoms with van der Waals surface area (Å²) in [4.78, 5) is 14.7. The van der Waals surface area contributed by atoms with E-state index in [4.69, 9.17) is 14.3 Å². The molecule has 1 unspecified atom stereocenters. The predicted octanol–water partition coefficient (Wildman–Crippen LogP) is 2.70. The van der Waals surface area contributed by atoms with Gasteiger partial charge in [0.05, 0.1) is 25.9 Å². The number of rotatable bonds is 7. The molecule has 176 valence electrons. The Bertz CT molecular complexity index is 1250. The number of morpholine rings is 1. The Morgan fingerprint density at radius 3 is 2.62 bits per heavy atom. The summed E-state index contributed by atoms with van der Waals surface area (Å²) >= 11 is 0. The second-order valence-corrected chi connectivity index (χ2v) is 8.17. The van der Waals surface area contributed by atoms with Crippen molar-refractivity contribution in [1.29, 1.82) is 5.26 Å². The largest absolute Gasteiger partial charge is 0.456 e. The summed E-state index contributed by atoms with van der Waals surface area (Å²) in [6.07, 6.45) is -1.09. The highest BCUT2D eigenvalue weighted by molar-refractivity contribution is 6.04. The molecule has 1 aromatic heterocycles. The first kappa shape index (κ1) is 23.5. The summed E-state index contributed by atoms with van der Waals surface area (Å²) in [5, 5.41) is 32.4. The quantitative estimate of drug-likeness (QED) is 0.366. The van der Waals surface area contributed by atoms with Gasteiger partial charge in [-0.2, -0.15) is 5.26 Å². The van der Waals surface area contributed by atoms with E-state index in [1.807, 2.05) is 24.3 Å². The monoisotopic (exact) mass is 461 g/mol. The van der Waals surface area contributed by atoms with Crippen LogP contribution in [0.1, 0.15) is 12.7 Å². The van der Waals surface area contributed by atoms with E-state index in [1.165, 1.54) is 5.69 Å². The van der Waals surface area contributed by atoms with Crippen molar-refractivity contribution in [3.05, 3.63) is 59.9 Å². The van der Waals surface area contributed by atoms with Gasteiger partial charge in [-0.1, -0.05) is 18.2 Å². The molecule has 4 rings (SSSR count). The normalized spacial score (nSPS) is 15.5. The summed E-state index contributed by atoms with van der Waals surface area (Å²) in [5.41, 5.74) is 2.35. The van der Waals surface area contributed by atoms with Crippen LogP contribution in [0.4, 0.5) is 5.69 Å². The molecule has 2 aromatic carbocycles. The van der Waals surface area contributed by atoms with E-state index in [2.05, 4.69) is 34.5 Å². The average Bonchev–Trinajstić information content (AvgIpc) is 3.38. The van der Waals surface area contributed by atoms with Crippen molar-refractivity contribution in [2.24, 2.45) is 0 Å². The van der Waals surface area contributed by atoms with Crippen LogP contribution in [0.2, 0.25) is 0 Å². The maximum Gasteiger partial charge on any atom is 0.262 e. The fourth-order valence-electron chi connectivity index (χ4n) is 3.89. The fourth-order valence-corrected chi connectivity index (χ4v) is 3.89. The topological polar surface area (TPSA) is 119 Å². The maximum atomic E-state index is 12.3. The fraction of sp³-hybridized carbons (Fsp3) is 0.308. The molecular formula is C26H27N3O5. The molecule has 1 aliphatic heterocycles. The van der Waals surface area contributed by atoms with E-state index in [0.717, 1.165) is 42.6 Å². The molecule has 34 heavy (non-hydrogen) atoms. The Kier molecular flexibility index (Phi) is 7.28. The van der Waals surface area contributed by atoms with Crippen molar-refractivity contribution in [3.8, 4) is 17.4 Å². The number of amides is 1. The first-order valence-corrected chi connectivity index (χ1v) is 11.2. The van der Waals surface area contributed by atoms with Crippen LogP contribution in [0.25, 0.3) is 27.7 Å². The van der Waals surface area contributed by atoms with Crippen molar-refractivity contribution in [2.75, 3.05) is 44.4 Å². The van der Waals surface area contributed by atoms with E-state index in [0.29, 0.717) is 17.1 Å². The Morgan fingerprint density at radius 1 is 1.15 bits per heavy atom. The Hall–Kier alpha value is -3.64. The van der Waals surface area contributed by atoms with Crippen molar-refractivity contribution < 1.29 is 24.2 Å². The van der Waals surface area contributed by atoms with Gasteiger partial charge in [0.1, 0.15) is 23.2 Å². The molecule has 1 aliphatic rings. The van der Waals surface area contributed by atoms with Gasteiger partial charge in [-0.3, -0.25) is 4.79 Å². The van der Waals surface area contributed by atoms with Gasteiger partial charge in [0, 0.05) is 36.5 Å². The third-order valence-corrected chi connectivity index (χ3v) is 5.88. The number of ether oxygens (including phenoxy) is 1. The molecule has 0 aliphatic carbocycles. The number of aliphatic hydroxyl groups is 2. The van der Waals surface area contributed by atoms with Gasteiger partial charge in [-0.15, -0.1) is 0 Å².